The van der Waals surface area contributed by atoms with E-state index < -0.39 is 0 Å². The largest absolute Gasteiger partial charge is 0.368 e. The van der Waals surface area contributed by atoms with Crippen LogP contribution in [0.5, 0.6) is 0 Å². The molecule has 0 bridgehead atoms. The predicted molar refractivity (Wildman–Crippen MR) is 93.3 cm³/mol. The minimum Gasteiger partial charge on any atom is -0.368 e. The molecule has 0 spiro atoms. The average Bonchev–Trinajstić information content (AvgIpc) is 3.48. The monoisotopic (exact) mass is 323 g/mol. The second-order valence-electron chi connectivity index (χ2n) is 6.33. The van der Waals surface area contributed by atoms with Gasteiger partial charge in [-0.05, 0) is 43.2 Å². The molecule has 1 saturated heterocycles. The van der Waals surface area contributed by atoms with Crippen molar-refractivity contribution >= 4 is 23.2 Å². The number of anilines is 3. The lowest BCUT2D eigenvalue weighted by Crippen LogP contribution is -2.49. The van der Waals surface area contributed by atoms with Gasteiger partial charge in [0.2, 0.25) is 11.9 Å². The van der Waals surface area contributed by atoms with Gasteiger partial charge in [0.1, 0.15) is 0 Å². The molecule has 2 fully saturated rings. The topological polar surface area (TPSA) is 61.4 Å². The molecule has 0 radical (unpaired) electrons. The maximum absolute atomic E-state index is 12.1. The number of carbonyl (C=O) groups is 1. The lowest BCUT2D eigenvalue weighted by atomic mass is 10.2. The van der Waals surface area contributed by atoms with Crippen LogP contribution >= 0.6 is 0 Å². The number of nitrogens with one attached hydrogen (secondary N) is 1. The second kappa shape index (κ2) is 6.47. The highest BCUT2D eigenvalue weighted by atomic mass is 16.2. The first-order valence-corrected chi connectivity index (χ1v) is 8.47. The summed E-state index contributed by atoms with van der Waals surface area (Å²) in [6.07, 6.45) is 5.59. The Hall–Kier alpha value is -2.63. The Balaban J connectivity index is 1.34. The van der Waals surface area contributed by atoms with Crippen molar-refractivity contribution in [3.63, 3.8) is 0 Å². The van der Waals surface area contributed by atoms with E-state index in [9.17, 15) is 4.79 Å². The smallest absolute Gasteiger partial charge is 0.227 e. The lowest BCUT2D eigenvalue weighted by Gasteiger charge is -2.36. The van der Waals surface area contributed by atoms with Gasteiger partial charge in [0, 0.05) is 55.9 Å². The van der Waals surface area contributed by atoms with Crippen LogP contribution in [0.25, 0.3) is 0 Å². The molecule has 2 aliphatic rings. The third kappa shape index (κ3) is 3.32. The predicted octanol–water partition coefficient (Wildman–Crippen LogP) is 2.28. The van der Waals surface area contributed by atoms with Crippen molar-refractivity contribution in [2.45, 2.75) is 12.8 Å². The zero-order valence-corrected chi connectivity index (χ0v) is 13.6. The summed E-state index contributed by atoms with van der Waals surface area (Å²) in [5.74, 6) is 1.27. The van der Waals surface area contributed by atoms with E-state index in [1.165, 1.54) is 5.69 Å². The van der Waals surface area contributed by atoms with Crippen LogP contribution in [-0.2, 0) is 4.79 Å². The molecule has 1 aliphatic heterocycles. The second-order valence-corrected chi connectivity index (χ2v) is 6.33. The molecular weight excluding hydrogens is 302 g/mol. The summed E-state index contributed by atoms with van der Waals surface area (Å²) in [5, 5.41) is 3.18. The standard InChI is InChI=1S/C18H21N5O/c24-17(14-2-3-14)23-12-10-22(11-13-23)16-6-4-15(5-7-16)21-18-19-8-1-9-20-18/h1,4-9,14H,2-3,10-13H2,(H,19,20,21). The van der Waals surface area contributed by atoms with Crippen LogP contribution < -0.4 is 10.2 Å². The Labute approximate surface area is 141 Å². The zero-order valence-electron chi connectivity index (χ0n) is 13.6. The fraction of sp³-hybridized carbons (Fsp3) is 0.389. The molecule has 1 saturated carbocycles. The summed E-state index contributed by atoms with van der Waals surface area (Å²) in [4.78, 5) is 24.8. The third-order valence-electron chi connectivity index (χ3n) is 4.57. The highest BCUT2D eigenvalue weighted by Crippen LogP contribution is 2.31. The van der Waals surface area contributed by atoms with Crippen LogP contribution in [0.3, 0.4) is 0 Å². The van der Waals surface area contributed by atoms with Crippen LogP contribution in [0.15, 0.2) is 42.7 Å². The summed E-state index contributed by atoms with van der Waals surface area (Å²) in [6.45, 7) is 3.44. The summed E-state index contributed by atoms with van der Waals surface area (Å²) in [5.41, 5.74) is 2.15. The lowest BCUT2D eigenvalue weighted by molar-refractivity contribution is -0.132. The molecule has 2 heterocycles. The van der Waals surface area contributed by atoms with E-state index in [2.05, 4.69) is 32.3 Å². The molecule has 1 aromatic heterocycles. The molecule has 6 heteroatoms. The van der Waals surface area contributed by atoms with Gasteiger partial charge in [0.15, 0.2) is 0 Å². The SMILES string of the molecule is O=C(C1CC1)N1CCN(c2ccc(Nc3ncccn3)cc2)CC1. The molecule has 24 heavy (non-hydrogen) atoms. The van der Waals surface area contributed by atoms with Crippen molar-refractivity contribution in [3.8, 4) is 0 Å². The van der Waals surface area contributed by atoms with Gasteiger partial charge in [-0.1, -0.05) is 0 Å². The Kier molecular flexibility index (Phi) is 4.02. The first-order chi connectivity index (χ1) is 11.8. The summed E-state index contributed by atoms with van der Waals surface area (Å²) in [6, 6.07) is 10.1. The summed E-state index contributed by atoms with van der Waals surface area (Å²) >= 11 is 0. The molecule has 1 amide bonds. The van der Waals surface area contributed by atoms with Crippen molar-refractivity contribution in [2.75, 3.05) is 36.4 Å². The van der Waals surface area contributed by atoms with Gasteiger partial charge >= 0.3 is 0 Å². The van der Waals surface area contributed by atoms with E-state index in [0.717, 1.165) is 44.7 Å². The van der Waals surface area contributed by atoms with Gasteiger partial charge in [-0.15, -0.1) is 0 Å². The first-order valence-electron chi connectivity index (χ1n) is 8.47. The Bertz CT molecular complexity index is 691. The van der Waals surface area contributed by atoms with Crippen LogP contribution in [0.2, 0.25) is 0 Å². The molecule has 1 aromatic carbocycles. The van der Waals surface area contributed by atoms with Crippen LogP contribution in [0.4, 0.5) is 17.3 Å². The van der Waals surface area contributed by atoms with Crippen molar-refractivity contribution in [2.24, 2.45) is 5.92 Å². The Morgan fingerprint density at radius 1 is 1.00 bits per heavy atom. The molecule has 2 aromatic rings. The van der Waals surface area contributed by atoms with Crippen LogP contribution in [-0.4, -0.2) is 47.0 Å². The Morgan fingerprint density at radius 2 is 1.67 bits per heavy atom. The van der Waals surface area contributed by atoms with Crippen molar-refractivity contribution in [1.82, 2.24) is 14.9 Å². The maximum atomic E-state index is 12.1. The molecule has 4 rings (SSSR count). The van der Waals surface area contributed by atoms with E-state index in [1.807, 2.05) is 17.0 Å². The van der Waals surface area contributed by atoms with Gasteiger partial charge in [-0.2, -0.15) is 0 Å². The van der Waals surface area contributed by atoms with Crippen molar-refractivity contribution in [3.05, 3.63) is 42.7 Å². The normalized spacial score (nSPS) is 17.7. The van der Waals surface area contributed by atoms with Crippen molar-refractivity contribution in [1.29, 1.82) is 0 Å². The summed E-state index contributed by atoms with van der Waals surface area (Å²) < 4.78 is 0. The van der Waals surface area contributed by atoms with E-state index in [0.29, 0.717) is 17.8 Å². The van der Waals surface area contributed by atoms with Gasteiger partial charge in [-0.3, -0.25) is 4.79 Å². The quantitative estimate of drug-likeness (QED) is 0.935. The average molecular weight is 323 g/mol. The minimum atomic E-state index is 0.321. The highest BCUT2D eigenvalue weighted by Gasteiger charge is 2.34. The molecule has 6 nitrogen and oxygen atoms in total. The van der Waals surface area contributed by atoms with Crippen LogP contribution in [0.1, 0.15) is 12.8 Å². The zero-order chi connectivity index (χ0) is 16.4. The first kappa shape index (κ1) is 14.9. The number of amides is 1. The molecule has 0 unspecified atom stereocenters. The number of carbonyl (C=O) groups excluding carboxylic acids is 1. The number of aromatic nitrogens is 2. The third-order valence-corrected chi connectivity index (χ3v) is 4.57. The number of hydrogen-bond acceptors (Lipinski definition) is 5. The van der Waals surface area contributed by atoms with Gasteiger partial charge < -0.3 is 15.1 Å². The maximum Gasteiger partial charge on any atom is 0.227 e. The molecule has 124 valence electrons. The highest BCUT2D eigenvalue weighted by molar-refractivity contribution is 5.81. The van der Waals surface area contributed by atoms with Crippen LogP contribution in [0, 0.1) is 5.92 Å². The molecule has 1 aliphatic carbocycles. The molecule has 1 N–H and O–H groups in total. The minimum absolute atomic E-state index is 0.321. The van der Waals surface area contributed by atoms with Crippen molar-refractivity contribution < 1.29 is 4.79 Å². The number of piperazine rings is 1. The van der Waals surface area contributed by atoms with Gasteiger partial charge in [-0.25, -0.2) is 9.97 Å². The fourth-order valence-corrected chi connectivity index (χ4v) is 3.02. The number of rotatable bonds is 4. The number of nitrogens with zero attached hydrogens (tertiary/aromatic N) is 4. The van der Waals surface area contributed by atoms with Gasteiger partial charge in [0.25, 0.3) is 0 Å². The van der Waals surface area contributed by atoms with E-state index in [4.69, 9.17) is 0 Å². The molecular formula is C18H21N5O. The Morgan fingerprint density at radius 3 is 2.29 bits per heavy atom. The molecule has 0 atom stereocenters. The summed E-state index contributed by atoms with van der Waals surface area (Å²) in [7, 11) is 0. The van der Waals surface area contributed by atoms with E-state index in [1.54, 1.807) is 18.5 Å². The van der Waals surface area contributed by atoms with Gasteiger partial charge in [0.05, 0.1) is 0 Å². The van der Waals surface area contributed by atoms with E-state index >= 15 is 0 Å². The number of hydrogen-bond donors (Lipinski definition) is 1. The number of benzene rings is 1. The fourth-order valence-electron chi connectivity index (χ4n) is 3.02. The van der Waals surface area contributed by atoms with E-state index in [-0.39, 0.29) is 0 Å².